The topological polar surface area (TPSA) is 46.1 Å². The highest BCUT2D eigenvalue weighted by atomic mass is 16.1. The van der Waals surface area contributed by atoms with Crippen molar-refractivity contribution in [1.82, 2.24) is 9.97 Å². The quantitative estimate of drug-likeness (QED) is 0.723. The first-order valence-corrected chi connectivity index (χ1v) is 8.32. The van der Waals surface area contributed by atoms with Crippen molar-refractivity contribution in [1.29, 1.82) is 0 Å². The van der Waals surface area contributed by atoms with Crippen LogP contribution in [0.2, 0.25) is 0 Å². The third-order valence-corrected chi connectivity index (χ3v) is 4.59. The van der Waals surface area contributed by atoms with Crippen molar-refractivity contribution in [3.8, 4) is 11.3 Å². The van der Waals surface area contributed by atoms with E-state index in [0.717, 1.165) is 22.2 Å². The molecule has 0 amide bonds. The minimum Gasteiger partial charge on any atom is -0.340 e. The Balaban J connectivity index is 1.84. The van der Waals surface area contributed by atoms with E-state index in [1.165, 1.54) is 0 Å². The zero-order valence-electron chi connectivity index (χ0n) is 13.6. The summed E-state index contributed by atoms with van der Waals surface area (Å²) in [6.45, 7) is 3.36. The van der Waals surface area contributed by atoms with Gasteiger partial charge in [0.2, 0.25) is 5.95 Å². The molecule has 4 heteroatoms. The number of rotatable bonds is 2. The molecule has 1 unspecified atom stereocenters. The average molecular weight is 317 g/mol. The molecule has 1 aromatic heterocycles. The summed E-state index contributed by atoms with van der Waals surface area (Å²) in [5, 5.41) is 1.05. The molecule has 0 spiro atoms. The molecule has 24 heavy (non-hydrogen) atoms. The standard InChI is InChI=1S/C20H19N3O/c1-14-13-23(12-11-18(14)24)20-21-17-10-6-5-9-16(17)19(22-20)15-7-3-2-4-8-15/h2-10,14H,11-13H2,1H3. The number of fused-ring (bicyclic) bond motifs is 1. The van der Waals surface area contributed by atoms with Gasteiger partial charge in [0.15, 0.2) is 0 Å². The Kier molecular flexibility index (Phi) is 3.73. The largest absolute Gasteiger partial charge is 0.340 e. The van der Waals surface area contributed by atoms with Crippen LogP contribution in [0.15, 0.2) is 54.6 Å². The number of carbonyl (C=O) groups is 1. The fraction of sp³-hybridized carbons (Fsp3) is 0.250. The lowest BCUT2D eigenvalue weighted by molar-refractivity contribution is -0.122. The monoisotopic (exact) mass is 317 g/mol. The summed E-state index contributed by atoms with van der Waals surface area (Å²) in [6, 6.07) is 18.3. The van der Waals surface area contributed by atoms with Crippen LogP contribution in [-0.4, -0.2) is 28.8 Å². The van der Waals surface area contributed by atoms with Crippen molar-refractivity contribution >= 4 is 22.6 Å². The Morgan fingerprint density at radius 1 is 1.00 bits per heavy atom. The minimum atomic E-state index is 0.0361. The maximum atomic E-state index is 11.8. The molecular weight excluding hydrogens is 298 g/mol. The van der Waals surface area contributed by atoms with E-state index in [2.05, 4.69) is 23.1 Å². The number of nitrogens with zero attached hydrogens (tertiary/aromatic N) is 3. The van der Waals surface area contributed by atoms with Crippen molar-refractivity contribution in [3.63, 3.8) is 0 Å². The van der Waals surface area contributed by atoms with Crippen LogP contribution < -0.4 is 4.90 Å². The van der Waals surface area contributed by atoms with Gasteiger partial charge in [-0.2, -0.15) is 0 Å². The zero-order valence-corrected chi connectivity index (χ0v) is 13.6. The van der Waals surface area contributed by atoms with E-state index in [4.69, 9.17) is 9.97 Å². The van der Waals surface area contributed by atoms with E-state index >= 15 is 0 Å². The number of piperidine rings is 1. The Hall–Kier alpha value is -2.75. The summed E-state index contributed by atoms with van der Waals surface area (Å²) in [6.07, 6.45) is 0.567. The summed E-state index contributed by atoms with van der Waals surface area (Å²) in [4.78, 5) is 23.5. The third-order valence-electron chi connectivity index (χ3n) is 4.59. The molecule has 4 nitrogen and oxygen atoms in total. The van der Waals surface area contributed by atoms with Gasteiger partial charge < -0.3 is 4.90 Å². The molecule has 1 fully saturated rings. The Morgan fingerprint density at radius 3 is 2.54 bits per heavy atom. The average Bonchev–Trinajstić information content (AvgIpc) is 2.64. The number of ketones is 1. The molecular formula is C20H19N3O. The summed E-state index contributed by atoms with van der Waals surface area (Å²) in [7, 11) is 0. The van der Waals surface area contributed by atoms with E-state index in [1.807, 2.05) is 43.3 Å². The van der Waals surface area contributed by atoms with Gasteiger partial charge in [0, 0.05) is 36.4 Å². The number of Topliss-reactive ketones (excluding diaryl/α,β-unsaturated/α-hetero) is 1. The van der Waals surface area contributed by atoms with Gasteiger partial charge in [0.25, 0.3) is 0 Å². The number of hydrogen-bond acceptors (Lipinski definition) is 4. The highest BCUT2D eigenvalue weighted by Crippen LogP contribution is 2.29. The van der Waals surface area contributed by atoms with E-state index in [9.17, 15) is 4.79 Å². The fourth-order valence-electron chi connectivity index (χ4n) is 3.22. The highest BCUT2D eigenvalue weighted by molar-refractivity contribution is 5.93. The predicted octanol–water partition coefficient (Wildman–Crippen LogP) is 3.71. The minimum absolute atomic E-state index is 0.0361. The molecule has 2 heterocycles. The Labute approximate surface area is 141 Å². The maximum Gasteiger partial charge on any atom is 0.226 e. The van der Waals surface area contributed by atoms with Crippen LogP contribution in [0.4, 0.5) is 5.95 Å². The third kappa shape index (κ3) is 2.64. The number of benzene rings is 2. The van der Waals surface area contributed by atoms with E-state index in [1.54, 1.807) is 0 Å². The number of hydrogen-bond donors (Lipinski definition) is 0. The van der Waals surface area contributed by atoms with Gasteiger partial charge in [-0.15, -0.1) is 0 Å². The molecule has 1 aliphatic rings. The van der Waals surface area contributed by atoms with Crippen LogP contribution in [0.3, 0.4) is 0 Å². The number of carbonyl (C=O) groups excluding carboxylic acids is 1. The van der Waals surface area contributed by atoms with Crippen LogP contribution >= 0.6 is 0 Å². The van der Waals surface area contributed by atoms with Crippen molar-refractivity contribution in [2.24, 2.45) is 5.92 Å². The molecule has 1 saturated heterocycles. The van der Waals surface area contributed by atoms with Crippen molar-refractivity contribution in [2.45, 2.75) is 13.3 Å². The lowest BCUT2D eigenvalue weighted by Crippen LogP contribution is -2.40. The first kappa shape index (κ1) is 14.8. The van der Waals surface area contributed by atoms with Crippen LogP contribution in [0, 0.1) is 5.92 Å². The molecule has 0 bridgehead atoms. The molecule has 4 rings (SSSR count). The molecule has 1 atom stereocenters. The zero-order chi connectivity index (χ0) is 16.5. The first-order chi connectivity index (χ1) is 11.7. The molecule has 3 aromatic rings. The molecule has 1 aliphatic heterocycles. The van der Waals surface area contributed by atoms with Crippen molar-refractivity contribution in [2.75, 3.05) is 18.0 Å². The van der Waals surface area contributed by atoms with E-state index < -0.39 is 0 Å². The van der Waals surface area contributed by atoms with E-state index in [-0.39, 0.29) is 5.92 Å². The smallest absolute Gasteiger partial charge is 0.226 e. The lowest BCUT2D eigenvalue weighted by atomic mass is 9.99. The van der Waals surface area contributed by atoms with Gasteiger partial charge in [0.05, 0.1) is 11.2 Å². The van der Waals surface area contributed by atoms with Gasteiger partial charge >= 0.3 is 0 Å². The molecule has 120 valence electrons. The number of para-hydroxylation sites is 1. The SMILES string of the molecule is CC1CN(c2nc(-c3ccccc3)c3ccccc3n2)CCC1=O. The summed E-state index contributed by atoms with van der Waals surface area (Å²) in [5.74, 6) is 1.08. The van der Waals surface area contributed by atoms with Gasteiger partial charge in [-0.3, -0.25) is 4.79 Å². The normalized spacial score (nSPS) is 18.1. The molecule has 0 aliphatic carbocycles. The van der Waals surface area contributed by atoms with Gasteiger partial charge in [-0.05, 0) is 6.07 Å². The van der Waals surface area contributed by atoms with E-state index in [0.29, 0.717) is 31.2 Å². The fourth-order valence-corrected chi connectivity index (χ4v) is 3.22. The summed E-state index contributed by atoms with van der Waals surface area (Å²) >= 11 is 0. The van der Waals surface area contributed by atoms with Crippen LogP contribution in [-0.2, 0) is 4.79 Å². The summed E-state index contributed by atoms with van der Waals surface area (Å²) in [5.41, 5.74) is 2.96. The van der Waals surface area contributed by atoms with Crippen LogP contribution in [0.25, 0.3) is 22.2 Å². The highest BCUT2D eigenvalue weighted by Gasteiger charge is 2.25. The molecule has 0 saturated carbocycles. The van der Waals surface area contributed by atoms with Gasteiger partial charge in [-0.1, -0.05) is 55.5 Å². The van der Waals surface area contributed by atoms with Crippen molar-refractivity contribution in [3.05, 3.63) is 54.6 Å². The second-order valence-electron chi connectivity index (χ2n) is 6.32. The Morgan fingerprint density at radius 2 is 1.75 bits per heavy atom. The lowest BCUT2D eigenvalue weighted by Gasteiger charge is -2.30. The van der Waals surface area contributed by atoms with Crippen LogP contribution in [0.5, 0.6) is 0 Å². The predicted molar refractivity (Wildman–Crippen MR) is 96.0 cm³/mol. The van der Waals surface area contributed by atoms with Crippen molar-refractivity contribution < 1.29 is 4.79 Å². The second-order valence-corrected chi connectivity index (χ2v) is 6.32. The maximum absolute atomic E-state index is 11.8. The van der Waals surface area contributed by atoms with Crippen LogP contribution in [0.1, 0.15) is 13.3 Å². The van der Waals surface area contributed by atoms with Gasteiger partial charge in [-0.25, -0.2) is 9.97 Å². The number of anilines is 1. The summed E-state index contributed by atoms with van der Waals surface area (Å²) < 4.78 is 0. The second kappa shape index (κ2) is 6.04. The molecule has 0 radical (unpaired) electrons. The van der Waals surface area contributed by atoms with Gasteiger partial charge in [0.1, 0.15) is 5.78 Å². The molecule has 0 N–H and O–H groups in total. The molecule has 2 aromatic carbocycles. The first-order valence-electron chi connectivity index (χ1n) is 8.32. The Bertz CT molecular complexity index is 892. The number of aromatic nitrogens is 2.